The number of carbonyl (C=O) groups is 1. The topological polar surface area (TPSA) is 80.0 Å². The Balaban J connectivity index is 2.03. The molecule has 3 rings (SSSR count). The highest BCUT2D eigenvalue weighted by Gasteiger charge is 2.14. The maximum atomic E-state index is 12.5. The van der Waals surface area contributed by atoms with Crippen LogP contribution in [0.5, 0.6) is 0 Å². The van der Waals surface area contributed by atoms with E-state index in [1.165, 1.54) is 0 Å². The number of anilines is 2. The molecule has 0 spiro atoms. The number of nitrogens with zero attached hydrogens (tertiary/aromatic N) is 2. The second-order valence-electron chi connectivity index (χ2n) is 4.60. The second kappa shape index (κ2) is 5.24. The molecule has 0 aliphatic heterocycles. The number of amides is 1. The van der Waals surface area contributed by atoms with Crippen LogP contribution in [0.15, 0.2) is 40.9 Å². The van der Waals surface area contributed by atoms with Crippen LogP contribution < -0.4 is 10.6 Å². The van der Waals surface area contributed by atoms with E-state index in [-0.39, 0.29) is 5.91 Å². The van der Waals surface area contributed by atoms with E-state index in [9.17, 15) is 4.79 Å². The van der Waals surface area contributed by atoms with Gasteiger partial charge >= 0.3 is 0 Å². The number of para-hydroxylation sites is 1. The number of rotatable bonds is 3. The summed E-state index contributed by atoms with van der Waals surface area (Å²) in [6.45, 7) is 1.77. The normalized spacial score (nSPS) is 10.6. The van der Waals surface area contributed by atoms with E-state index in [1.807, 2.05) is 24.3 Å². The molecule has 1 amide bonds. The summed E-state index contributed by atoms with van der Waals surface area (Å²) in [5, 5.41) is 10.2. The van der Waals surface area contributed by atoms with Gasteiger partial charge in [-0.25, -0.2) is 4.98 Å². The van der Waals surface area contributed by atoms with Crippen LogP contribution in [0.4, 0.5) is 11.6 Å². The van der Waals surface area contributed by atoms with Crippen LogP contribution in [0.1, 0.15) is 16.1 Å². The number of carbonyl (C=O) groups excluding carboxylic acids is 1. The Morgan fingerprint density at radius 3 is 2.71 bits per heavy atom. The molecule has 0 fully saturated rings. The molecule has 6 nitrogen and oxygen atoms in total. The van der Waals surface area contributed by atoms with Crippen molar-refractivity contribution in [2.75, 3.05) is 17.7 Å². The van der Waals surface area contributed by atoms with Gasteiger partial charge in [-0.15, -0.1) is 0 Å². The van der Waals surface area contributed by atoms with Gasteiger partial charge in [-0.05, 0) is 19.1 Å². The summed E-state index contributed by atoms with van der Waals surface area (Å²) in [6.07, 6.45) is 0. The van der Waals surface area contributed by atoms with Crippen LogP contribution in [0, 0.1) is 6.92 Å². The third-order valence-electron chi connectivity index (χ3n) is 3.09. The van der Waals surface area contributed by atoms with E-state index in [0.717, 1.165) is 10.9 Å². The number of fused-ring (bicyclic) bond motifs is 1. The van der Waals surface area contributed by atoms with Crippen molar-refractivity contribution >= 4 is 28.4 Å². The molecule has 0 saturated carbocycles. The fraction of sp³-hybridized carbons (Fsp3) is 0.133. The lowest BCUT2D eigenvalue weighted by molar-refractivity contribution is 0.102. The molecule has 1 aromatic carbocycles. The molecule has 0 atom stereocenters. The van der Waals surface area contributed by atoms with Crippen molar-refractivity contribution in [3.05, 3.63) is 47.7 Å². The number of aryl methyl sites for hydroxylation is 1. The van der Waals surface area contributed by atoms with Crippen LogP contribution in [0.3, 0.4) is 0 Å². The van der Waals surface area contributed by atoms with Gasteiger partial charge in [0.05, 0.1) is 11.1 Å². The Morgan fingerprint density at radius 2 is 2.00 bits per heavy atom. The highest BCUT2D eigenvalue weighted by atomic mass is 16.5. The van der Waals surface area contributed by atoms with Crippen LogP contribution in [-0.4, -0.2) is 23.1 Å². The standard InChI is InChI=1S/C15H14N4O2/c1-9-7-14(19-21-9)18-15(20)11-8-13(16-2)17-12-6-4-3-5-10(11)12/h3-8H,1-2H3,(H,16,17)(H,18,19,20). The molecule has 0 aliphatic rings. The van der Waals surface area contributed by atoms with E-state index < -0.39 is 0 Å². The highest BCUT2D eigenvalue weighted by molar-refractivity contribution is 6.12. The minimum Gasteiger partial charge on any atom is -0.373 e. The molecule has 2 aromatic heterocycles. The Bertz CT molecular complexity index is 810. The predicted molar refractivity (Wildman–Crippen MR) is 80.5 cm³/mol. The lowest BCUT2D eigenvalue weighted by Crippen LogP contribution is -2.13. The number of hydrogen-bond acceptors (Lipinski definition) is 5. The minimum atomic E-state index is -0.251. The smallest absolute Gasteiger partial charge is 0.257 e. The first-order valence-corrected chi connectivity index (χ1v) is 6.49. The third kappa shape index (κ3) is 2.55. The zero-order valence-corrected chi connectivity index (χ0v) is 11.7. The molecule has 0 radical (unpaired) electrons. The van der Waals surface area contributed by atoms with Gasteiger partial charge in [0.25, 0.3) is 5.91 Å². The summed E-state index contributed by atoms with van der Waals surface area (Å²) in [5.74, 6) is 1.42. The zero-order chi connectivity index (χ0) is 14.8. The molecule has 2 heterocycles. The van der Waals surface area contributed by atoms with Crippen molar-refractivity contribution in [1.82, 2.24) is 10.1 Å². The highest BCUT2D eigenvalue weighted by Crippen LogP contribution is 2.21. The average Bonchev–Trinajstić information content (AvgIpc) is 2.91. The predicted octanol–water partition coefficient (Wildman–Crippen LogP) is 2.83. The van der Waals surface area contributed by atoms with Crippen molar-refractivity contribution in [2.45, 2.75) is 6.92 Å². The van der Waals surface area contributed by atoms with Gasteiger partial charge in [-0.3, -0.25) is 4.79 Å². The summed E-state index contributed by atoms with van der Waals surface area (Å²) in [7, 11) is 1.76. The lowest BCUT2D eigenvalue weighted by atomic mass is 10.1. The Kier molecular flexibility index (Phi) is 3.27. The molecular weight excluding hydrogens is 268 g/mol. The summed E-state index contributed by atoms with van der Waals surface area (Å²) in [4.78, 5) is 16.9. The summed E-state index contributed by atoms with van der Waals surface area (Å²) < 4.78 is 4.94. The maximum Gasteiger partial charge on any atom is 0.257 e. The fourth-order valence-electron chi connectivity index (χ4n) is 2.10. The van der Waals surface area contributed by atoms with Gasteiger partial charge in [0.15, 0.2) is 5.82 Å². The number of nitrogens with one attached hydrogen (secondary N) is 2. The number of hydrogen-bond donors (Lipinski definition) is 2. The third-order valence-corrected chi connectivity index (χ3v) is 3.09. The molecule has 6 heteroatoms. The van der Waals surface area contributed by atoms with Crippen LogP contribution >= 0.6 is 0 Å². The van der Waals surface area contributed by atoms with Crippen LogP contribution in [0.2, 0.25) is 0 Å². The van der Waals surface area contributed by atoms with Gasteiger partial charge in [0, 0.05) is 18.5 Å². The Labute approximate surface area is 121 Å². The Morgan fingerprint density at radius 1 is 1.19 bits per heavy atom. The zero-order valence-electron chi connectivity index (χ0n) is 11.7. The summed E-state index contributed by atoms with van der Waals surface area (Å²) >= 11 is 0. The van der Waals surface area contributed by atoms with E-state index in [1.54, 1.807) is 26.1 Å². The van der Waals surface area contributed by atoms with Crippen molar-refractivity contribution in [2.24, 2.45) is 0 Å². The van der Waals surface area contributed by atoms with Gasteiger partial charge in [-0.1, -0.05) is 23.4 Å². The van der Waals surface area contributed by atoms with Crippen molar-refractivity contribution < 1.29 is 9.32 Å². The quantitative estimate of drug-likeness (QED) is 0.772. The van der Waals surface area contributed by atoms with Gasteiger partial charge in [0.1, 0.15) is 11.6 Å². The molecule has 2 N–H and O–H groups in total. The SMILES string of the molecule is CNc1cc(C(=O)Nc2cc(C)on2)c2ccccc2n1. The van der Waals surface area contributed by atoms with Gasteiger partial charge < -0.3 is 15.2 Å². The fourth-order valence-corrected chi connectivity index (χ4v) is 2.10. The molecule has 0 saturated heterocycles. The molecular formula is C15H14N4O2. The van der Waals surface area contributed by atoms with E-state index in [0.29, 0.717) is 23.0 Å². The van der Waals surface area contributed by atoms with Crippen LogP contribution in [-0.2, 0) is 0 Å². The van der Waals surface area contributed by atoms with E-state index in [4.69, 9.17) is 4.52 Å². The van der Waals surface area contributed by atoms with Crippen LogP contribution in [0.25, 0.3) is 10.9 Å². The lowest BCUT2D eigenvalue weighted by Gasteiger charge is -2.08. The monoisotopic (exact) mass is 282 g/mol. The molecule has 3 aromatic rings. The number of pyridine rings is 1. The summed E-state index contributed by atoms with van der Waals surface area (Å²) in [6, 6.07) is 10.9. The van der Waals surface area contributed by atoms with Crippen molar-refractivity contribution in [1.29, 1.82) is 0 Å². The molecule has 0 bridgehead atoms. The second-order valence-corrected chi connectivity index (χ2v) is 4.60. The molecule has 106 valence electrons. The first-order valence-electron chi connectivity index (χ1n) is 6.49. The minimum absolute atomic E-state index is 0.251. The first kappa shape index (κ1) is 13.1. The van der Waals surface area contributed by atoms with Crippen molar-refractivity contribution in [3.63, 3.8) is 0 Å². The number of benzene rings is 1. The molecule has 0 aliphatic carbocycles. The van der Waals surface area contributed by atoms with E-state index >= 15 is 0 Å². The van der Waals surface area contributed by atoms with Gasteiger partial charge in [-0.2, -0.15) is 0 Å². The summed E-state index contributed by atoms with van der Waals surface area (Å²) in [5.41, 5.74) is 1.29. The molecule has 21 heavy (non-hydrogen) atoms. The van der Waals surface area contributed by atoms with E-state index in [2.05, 4.69) is 20.8 Å². The average molecular weight is 282 g/mol. The van der Waals surface area contributed by atoms with Gasteiger partial charge in [0.2, 0.25) is 0 Å². The molecule has 0 unspecified atom stereocenters. The van der Waals surface area contributed by atoms with Crippen molar-refractivity contribution in [3.8, 4) is 0 Å². The Hall–Kier alpha value is -2.89. The first-order chi connectivity index (χ1) is 10.2. The largest absolute Gasteiger partial charge is 0.373 e. The maximum absolute atomic E-state index is 12.5. The number of aromatic nitrogens is 2.